The van der Waals surface area contributed by atoms with Gasteiger partial charge in [-0.25, -0.2) is 14.5 Å². The van der Waals surface area contributed by atoms with E-state index >= 15 is 0 Å². The molecule has 1 amide bonds. The highest BCUT2D eigenvalue weighted by molar-refractivity contribution is 5.78. The molecule has 0 aliphatic carbocycles. The molecule has 0 atom stereocenters. The molecule has 2 aromatic rings. The largest absolute Gasteiger partial charge is 0.450 e. The van der Waals surface area contributed by atoms with Gasteiger partial charge in [0.2, 0.25) is 0 Å². The van der Waals surface area contributed by atoms with Crippen molar-refractivity contribution in [3.05, 3.63) is 47.3 Å². The number of nitrogens with zero attached hydrogens (tertiary/aromatic N) is 4. The van der Waals surface area contributed by atoms with Crippen molar-refractivity contribution in [3.63, 3.8) is 0 Å². The minimum atomic E-state index is -0.242. The third-order valence-corrected chi connectivity index (χ3v) is 5.22. The summed E-state index contributed by atoms with van der Waals surface area (Å²) in [5, 5.41) is 7.93. The van der Waals surface area contributed by atoms with E-state index in [-0.39, 0.29) is 12.1 Å². The first-order chi connectivity index (χ1) is 14.0. The van der Waals surface area contributed by atoms with E-state index in [0.717, 1.165) is 35.5 Å². The number of amides is 1. The number of para-hydroxylation sites is 1. The van der Waals surface area contributed by atoms with Crippen molar-refractivity contribution >= 4 is 12.1 Å². The normalized spacial score (nSPS) is 15.4. The predicted octanol–water partition coefficient (Wildman–Crippen LogP) is 2.51. The Morgan fingerprint density at radius 2 is 1.97 bits per heavy atom. The summed E-state index contributed by atoms with van der Waals surface area (Å²) in [5.41, 5.74) is 10.2. The molecule has 0 unspecified atom stereocenters. The Labute approximate surface area is 171 Å². The fourth-order valence-corrected chi connectivity index (χ4v) is 3.56. The van der Waals surface area contributed by atoms with Gasteiger partial charge in [-0.15, -0.1) is 0 Å². The highest BCUT2D eigenvalue weighted by Gasteiger charge is 2.23. The molecule has 3 rings (SSSR count). The molecule has 3 N–H and O–H groups in total. The van der Waals surface area contributed by atoms with Gasteiger partial charge < -0.3 is 20.7 Å². The van der Waals surface area contributed by atoms with E-state index in [0.29, 0.717) is 32.2 Å². The zero-order chi connectivity index (χ0) is 20.8. The highest BCUT2D eigenvalue weighted by atomic mass is 16.6. The summed E-state index contributed by atoms with van der Waals surface area (Å²) >= 11 is 0. The summed E-state index contributed by atoms with van der Waals surface area (Å²) in [6.45, 7) is 8.05. The highest BCUT2D eigenvalue weighted by Crippen LogP contribution is 2.18. The van der Waals surface area contributed by atoms with E-state index in [2.05, 4.69) is 15.4 Å². The van der Waals surface area contributed by atoms with Crippen LogP contribution in [0.3, 0.4) is 0 Å². The van der Waals surface area contributed by atoms with Gasteiger partial charge in [0, 0.05) is 30.4 Å². The van der Waals surface area contributed by atoms with Crippen molar-refractivity contribution in [2.75, 3.05) is 19.7 Å². The third-order valence-electron chi connectivity index (χ3n) is 5.22. The number of hydrogen-bond acceptors (Lipinski definition) is 4. The van der Waals surface area contributed by atoms with E-state index in [1.165, 1.54) is 0 Å². The molecule has 2 heterocycles. The maximum Gasteiger partial charge on any atom is 0.409 e. The number of nitrogens with one attached hydrogen (secondary N) is 1. The van der Waals surface area contributed by atoms with Crippen molar-refractivity contribution in [1.82, 2.24) is 20.0 Å². The van der Waals surface area contributed by atoms with Crippen LogP contribution in [0.5, 0.6) is 0 Å². The number of aromatic nitrogens is 2. The summed E-state index contributed by atoms with van der Waals surface area (Å²) in [6, 6.07) is 10.3. The van der Waals surface area contributed by atoms with Crippen molar-refractivity contribution in [2.24, 2.45) is 10.7 Å². The molecule has 0 spiro atoms. The van der Waals surface area contributed by atoms with Crippen LogP contribution in [0.2, 0.25) is 0 Å². The van der Waals surface area contributed by atoms with E-state index in [1.54, 1.807) is 4.90 Å². The van der Waals surface area contributed by atoms with E-state index in [1.807, 2.05) is 55.8 Å². The Balaban J connectivity index is 1.57. The molecule has 1 aromatic carbocycles. The third kappa shape index (κ3) is 5.07. The smallest absolute Gasteiger partial charge is 0.409 e. The molecule has 1 fully saturated rings. The quantitative estimate of drug-likeness (QED) is 0.596. The van der Waals surface area contributed by atoms with Crippen molar-refractivity contribution in [1.29, 1.82) is 0 Å². The Bertz CT molecular complexity index is 854. The number of likely N-dealkylation sites (tertiary alicyclic amines) is 1. The van der Waals surface area contributed by atoms with Crippen LogP contribution < -0.4 is 11.1 Å². The van der Waals surface area contributed by atoms with Gasteiger partial charge in [0.15, 0.2) is 5.96 Å². The number of nitrogens with two attached hydrogens (primary N) is 1. The lowest BCUT2D eigenvalue weighted by molar-refractivity contribution is 0.0963. The zero-order valence-corrected chi connectivity index (χ0v) is 17.4. The number of benzene rings is 1. The molecule has 8 nitrogen and oxygen atoms in total. The Morgan fingerprint density at radius 3 is 2.62 bits per heavy atom. The molecule has 0 bridgehead atoms. The molecule has 1 aromatic heterocycles. The average molecular weight is 399 g/mol. The molecule has 1 aliphatic heterocycles. The number of rotatable bonds is 5. The summed E-state index contributed by atoms with van der Waals surface area (Å²) in [5.74, 6) is 0.422. The molecule has 29 heavy (non-hydrogen) atoms. The SMILES string of the molecule is CCOC(=O)N1CCC(NC(N)=NCc2c(C)nn(-c3ccccc3)c2C)CC1. The first kappa shape index (κ1) is 20.7. The van der Waals surface area contributed by atoms with E-state index in [4.69, 9.17) is 10.5 Å². The minimum Gasteiger partial charge on any atom is -0.450 e. The van der Waals surface area contributed by atoms with Gasteiger partial charge in [0.25, 0.3) is 0 Å². The van der Waals surface area contributed by atoms with Gasteiger partial charge >= 0.3 is 6.09 Å². The molecule has 8 heteroatoms. The maximum absolute atomic E-state index is 11.8. The number of carbonyl (C=O) groups is 1. The minimum absolute atomic E-state index is 0.207. The second-order valence-electron chi connectivity index (χ2n) is 7.20. The van der Waals surface area contributed by atoms with Crippen molar-refractivity contribution in [3.8, 4) is 5.69 Å². The Hall–Kier alpha value is -3.03. The van der Waals surface area contributed by atoms with E-state index in [9.17, 15) is 4.79 Å². The molecule has 1 aliphatic rings. The van der Waals surface area contributed by atoms with Crippen LogP contribution in [0.15, 0.2) is 35.3 Å². The van der Waals surface area contributed by atoms with Gasteiger partial charge in [-0.2, -0.15) is 5.10 Å². The van der Waals surface area contributed by atoms with Crippen molar-refractivity contribution < 1.29 is 9.53 Å². The second kappa shape index (κ2) is 9.45. The Kier molecular flexibility index (Phi) is 6.74. The van der Waals surface area contributed by atoms with Gasteiger partial charge in [0.1, 0.15) is 0 Å². The van der Waals surface area contributed by atoms with Crippen LogP contribution in [0, 0.1) is 13.8 Å². The lowest BCUT2D eigenvalue weighted by Gasteiger charge is -2.31. The monoisotopic (exact) mass is 398 g/mol. The summed E-state index contributed by atoms with van der Waals surface area (Å²) in [6.07, 6.45) is 1.40. The first-order valence-electron chi connectivity index (χ1n) is 10.1. The van der Waals surface area contributed by atoms with Gasteiger partial charge in [0.05, 0.1) is 24.5 Å². The second-order valence-corrected chi connectivity index (χ2v) is 7.20. The van der Waals surface area contributed by atoms with E-state index < -0.39 is 0 Å². The molecular formula is C21H30N6O2. The number of ether oxygens (including phenoxy) is 1. The number of hydrogen-bond donors (Lipinski definition) is 2. The number of aryl methyl sites for hydroxylation is 1. The molecule has 1 saturated heterocycles. The zero-order valence-electron chi connectivity index (χ0n) is 17.4. The van der Waals surface area contributed by atoms with Crippen LogP contribution >= 0.6 is 0 Å². The van der Waals surface area contributed by atoms with Crippen molar-refractivity contribution in [2.45, 2.75) is 46.2 Å². The predicted molar refractivity (Wildman–Crippen MR) is 113 cm³/mol. The molecule has 0 radical (unpaired) electrons. The molecule has 156 valence electrons. The number of piperidine rings is 1. The lowest BCUT2D eigenvalue weighted by Crippen LogP contribution is -2.48. The lowest BCUT2D eigenvalue weighted by atomic mass is 10.1. The number of aliphatic imine (C=N–C) groups is 1. The average Bonchev–Trinajstić information content (AvgIpc) is 3.01. The maximum atomic E-state index is 11.8. The number of guanidine groups is 1. The summed E-state index contributed by atoms with van der Waals surface area (Å²) < 4.78 is 6.99. The standard InChI is InChI=1S/C21H30N6O2/c1-4-29-21(28)26-12-10-17(11-13-26)24-20(22)23-14-19-15(2)25-27(16(19)3)18-8-6-5-7-9-18/h5-9,17H,4,10-14H2,1-3H3,(H3,22,23,24). The van der Waals surface area contributed by atoms with Gasteiger partial charge in [-0.05, 0) is 45.7 Å². The summed E-state index contributed by atoms with van der Waals surface area (Å²) in [4.78, 5) is 18.0. The molecule has 0 saturated carbocycles. The topological polar surface area (TPSA) is 97.8 Å². The van der Waals surface area contributed by atoms with Crippen LogP contribution in [-0.4, -0.2) is 52.5 Å². The van der Waals surface area contributed by atoms with Crippen LogP contribution in [0.4, 0.5) is 4.79 Å². The van der Waals surface area contributed by atoms with Gasteiger partial charge in [-0.1, -0.05) is 18.2 Å². The van der Waals surface area contributed by atoms with Crippen LogP contribution in [0.1, 0.15) is 36.7 Å². The first-order valence-corrected chi connectivity index (χ1v) is 10.1. The van der Waals surface area contributed by atoms with Crippen LogP contribution in [0.25, 0.3) is 5.69 Å². The number of carbonyl (C=O) groups excluding carboxylic acids is 1. The Morgan fingerprint density at radius 1 is 1.28 bits per heavy atom. The van der Waals surface area contributed by atoms with Gasteiger partial charge in [-0.3, -0.25) is 0 Å². The fourth-order valence-electron chi connectivity index (χ4n) is 3.56. The van der Waals surface area contributed by atoms with Crippen LogP contribution in [-0.2, 0) is 11.3 Å². The summed E-state index contributed by atoms with van der Waals surface area (Å²) in [7, 11) is 0. The fraction of sp³-hybridized carbons (Fsp3) is 0.476. The molecular weight excluding hydrogens is 368 g/mol.